The first-order chi connectivity index (χ1) is 12.0. The van der Waals surface area contributed by atoms with Crippen molar-refractivity contribution in [3.05, 3.63) is 58.4 Å². The monoisotopic (exact) mass is 382 g/mol. The standard InChI is InChI=1S/C18H20ClFN2O2S/c1-23-16-7-6-12(10-17(16)24-2)8-9-22-18(21)25-11-13-14(19)4-3-5-15(13)20/h3-7,10H,8-9,11H2,1-2H3,(H2,21,22). The van der Waals surface area contributed by atoms with Crippen LogP contribution in [0.2, 0.25) is 5.02 Å². The van der Waals surface area contributed by atoms with E-state index in [-0.39, 0.29) is 5.82 Å². The number of rotatable bonds is 7. The van der Waals surface area contributed by atoms with Crippen LogP contribution in [0.4, 0.5) is 4.39 Å². The van der Waals surface area contributed by atoms with E-state index in [2.05, 4.69) is 4.99 Å². The molecule has 2 aromatic carbocycles. The van der Waals surface area contributed by atoms with Crippen LogP contribution in [0, 0.1) is 5.82 Å². The Labute approximate surface area is 156 Å². The second-order valence-corrected chi connectivity index (χ2v) is 6.55. The van der Waals surface area contributed by atoms with E-state index in [0.29, 0.717) is 46.0 Å². The molecule has 0 atom stereocenters. The molecule has 2 rings (SSSR count). The summed E-state index contributed by atoms with van der Waals surface area (Å²) < 4.78 is 24.2. The van der Waals surface area contributed by atoms with E-state index >= 15 is 0 Å². The number of methoxy groups -OCH3 is 2. The Morgan fingerprint density at radius 3 is 2.64 bits per heavy atom. The molecule has 4 nitrogen and oxygen atoms in total. The minimum Gasteiger partial charge on any atom is -0.493 e. The largest absolute Gasteiger partial charge is 0.493 e. The van der Waals surface area contributed by atoms with Gasteiger partial charge in [-0.05, 0) is 36.2 Å². The van der Waals surface area contributed by atoms with Crippen molar-refractivity contribution in [2.45, 2.75) is 12.2 Å². The predicted octanol–water partition coefficient (Wildman–Crippen LogP) is 4.29. The highest BCUT2D eigenvalue weighted by atomic mass is 35.5. The molecule has 0 fully saturated rings. The third kappa shape index (κ3) is 5.54. The molecule has 0 heterocycles. The number of thioether (sulfide) groups is 1. The molecule has 0 bridgehead atoms. The Bertz CT molecular complexity index is 736. The van der Waals surface area contributed by atoms with Crippen LogP contribution in [-0.4, -0.2) is 25.9 Å². The van der Waals surface area contributed by atoms with Gasteiger partial charge in [-0.15, -0.1) is 0 Å². The highest BCUT2D eigenvalue weighted by molar-refractivity contribution is 8.13. The SMILES string of the molecule is COc1ccc(CCN=C(N)SCc2c(F)cccc2Cl)cc1OC. The minimum atomic E-state index is -0.335. The van der Waals surface area contributed by atoms with Crippen molar-refractivity contribution in [3.8, 4) is 11.5 Å². The zero-order valence-corrected chi connectivity index (χ0v) is 15.7. The maximum Gasteiger partial charge on any atom is 0.160 e. The van der Waals surface area contributed by atoms with Crippen molar-refractivity contribution in [2.24, 2.45) is 10.7 Å². The van der Waals surface area contributed by atoms with E-state index in [1.807, 2.05) is 18.2 Å². The number of ether oxygens (including phenoxy) is 2. The van der Waals surface area contributed by atoms with Crippen LogP contribution in [0.5, 0.6) is 11.5 Å². The molecule has 2 aromatic rings. The number of hydrogen-bond donors (Lipinski definition) is 1. The average Bonchev–Trinajstić information content (AvgIpc) is 2.61. The number of halogens is 2. The van der Waals surface area contributed by atoms with Gasteiger partial charge >= 0.3 is 0 Å². The third-order valence-electron chi connectivity index (χ3n) is 3.54. The fourth-order valence-corrected chi connectivity index (χ4v) is 3.27. The van der Waals surface area contributed by atoms with Gasteiger partial charge in [-0.25, -0.2) is 4.39 Å². The predicted molar refractivity (Wildman–Crippen MR) is 102 cm³/mol. The molecule has 7 heteroatoms. The van der Waals surface area contributed by atoms with Gasteiger partial charge in [0.15, 0.2) is 16.7 Å². The van der Waals surface area contributed by atoms with Gasteiger partial charge in [0.2, 0.25) is 0 Å². The summed E-state index contributed by atoms with van der Waals surface area (Å²) in [5.41, 5.74) is 7.39. The summed E-state index contributed by atoms with van der Waals surface area (Å²) in [6, 6.07) is 10.3. The molecule has 0 radical (unpaired) electrons. The summed E-state index contributed by atoms with van der Waals surface area (Å²) in [5.74, 6) is 1.38. The van der Waals surface area contributed by atoms with Crippen molar-refractivity contribution < 1.29 is 13.9 Å². The van der Waals surface area contributed by atoms with E-state index < -0.39 is 0 Å². The fraction of sp³-hybridized carbons (Fsp3) is 0.278. The van der Waals surface area contributed by atoms with E-state index in [1.54, 1.807) is 26.4 Å². The van der Waals surface area contributed by atoms with E-state index in [1.165, 1.54) is 17.8 Å². The maximum absolute atomic E-state index is 13.7. The second kappa shape index (κ2) is 9.53. The first-order valence-corrected chi connectivity index (χ1v) is 8.98. The van der Waals surface area contributed by atoms with Gasteiger partial charge in [0.1, 0.15) is 5.82 Å². The van der Waals surface area contributed by atoms with Crippen molar-refractivity contribution in [2.75, 3.05) is 20.8 Å². The normalized spacial score (nSPS) is 11.4. The van der Waals surface area contributed by atoms with Crippen LogP contribution in [0.3, 0.4) is 0 Å². The Balaban J connectivity index is 1.89. The summed E-state index contributed by atoms with van der Waals surface area (Å²) >= 11 is 7.26. The van der Waals surface area contributed by atoms with Crippen LogP contribution in [0.25, 0.3) is 0 Å². The molecule has 25 heavy (non-hydrogen) atoms. The van der Waals surface area contributed by atoms with E-state index in [0.717, 1.165) is 5.56 Å². The van der Waals surface area contributed by atoms with Gasteiger partial charge in [-0.3, -0.25) is 4.99 Å². The van der Waals surface area contributed by atoms with Crippen molar-refractivity contribution >= 4 is 28.5 Å². The van der Waals surface area contributed by atoms with Gasteiger partial charge in [0.25, 0.3) is 0 Å². The molecule has 0 aliphatic rings. The number of nitrogens with zero attached hydrogens (tertiary/aromatic N) is 1. The summed E-state index contributed by atoms with van der Waals surface area (Å²) in [4.78, 5) is 4.31. The van der Waals surface area contributed by atoms with E-state index in [9.17, 15) is 4.39 Å². The van der Waals surface area contributed by atoms with Gasteiger partial charge in [-0.2, -0.15) is 0 Å². The second-order valence-electron chi connectivity index (χ2n) is 5.15. The van der Waals surface area contributed by atoms with Gasteiger partial charge in [0.05, 0.1) is 14.2 Å². The highest BCUT2D eigenvalue weighted by Gasteiger charge is 2.08. The molecule has 134 valence electrons. The van der Waals surface area contributed by atoms with Gasteiger partial charge in [-0.1, -0.05) is 35.5 Å². The maximum atomic E-state index is 13.7. The summed E-state index contributed by atoms with van der Waals surface area (Å²) in [6.45, 7) is 0.527. The summed E-state index contributed by atoms with van der Waals surface area (Å²) in [7, 11) is 3.20. The lowest BCUT2D eigenvalue weighted by Crippen LogP contribution is -2.09. The van der Waals surface area contributed by atoms with Crippen molar-refractivity contribution in [1.82, 2.24) is 0 Å². The first kappa shape index (κ1) is 19.4. The summed E-state index contributed by atoms with van der Waals surface area (Å²) in [6.07, 6.45) is 0.710. The summed E-state index contributed by atoms with van der Waals surface area (Å²) in [5, 5.41) is 0.797. The molecule has 2 N–H and O–H groups in total. The lowest BCUT2D eigenvalue weighted by molar-refractivity contribution is 0.354. The number of amidine groups is 1. The first-order valence-electron chi connectivity index (χ1n) is 7.61. The average molecular weight is 383 g/mol. The van der Waals surface area contributed by atoms with Gasteiger partial charge < -0.3 is 15.2 Å². The number of benzene rings is 2. The number of aliphatic imine (C=N–C) groups is 1. The molecule has 0 amide bonds. The minimum absolute atomic E-state index is 0.335. The zero-order valence-electron chi connectivity index (χ0n) is 14.1. The number of nitrogens with two attached hydrogens (primary N) is 1. The Kier molecular flexibility index (Phi) is 7.40. The quantitative estimate of drug-likeness (QED) is 0.573. The topological polar surface area (TPSA) is 56.8 Å². The lowest BCUT2D eigenvalue weighted by atomic mass is 10.1. The molecule has 0 spiro atoms. The Hall–Kier alpha value is -1.92. The molecule has 0 aliphatic carbocycles. The van der Waals surface area contributed by atoms with Crippen LogP contribution in [-0.2, 0) is 12.2 Å². The van der Waals surface area contributed by atoms with E-state index in [4.69, 9.17) is 26.8 Å². The Morgan fingerprint density at radius 2 is 1.96 bits per heavy atom. The zero-order chi connectivity index (χ0) is 18.2. The lowest BCUT2D eigenvalue weighted by Gasteiger charge is -2.09. The third-order valence-corrected chi connectivity index (χ3v) is 4.75. The molecular weight excluding hydrogens is 363 g/mol. The van der Waals surface area contributed by atoms with Crippen LogP contribution in [0.1, 0.15) is 11.1 Å². The molecule has 0 unspecified atom stereocenters. The van der Waals surface area contributed by atoms with Gasteiger partial charge in [0, 0.05) is 22.9 Å². The van der Waals surface area contributed by atoms with Crippen molar-refractivity contribution in [3.63, 3.8) is 0 Å². The molecule has 0 aliphatic heterocycles. The van der Waals surface area contributed by atoms with Crippen LogP contribution in [0.15, 0.2) is 41.4 Å². The highest BCUT2D eigenvalue weighted by Crippen LogP contribution is 2.28. The van der Waals surface area contributed by atoms with Crippen LogP contribution >= 0.6 is 23.4 Å². The molecule has 0 saturated heterocycles. The fourth-order valence-electron chi connectivity index (χ4n) is 2.19. The smallest absolute Gasteiger partial charge is 0.160 e. The number of hydrogen-bond acceptors (Lipinski definition) is 4. The molecular formula is C18H20ClFN2O2S. The van der Waals surface area contributed by atoms with Crippen molar-refractivity contribution in [1.29, 1.82) is 0 Å². The molecule has 0 aromatic heterocycles. The van der Waals surface area contributed by atoms with Crippen LogP contribution < -0.4 is 15.2 Å². The molecule has 0 saturated carbocycles. The Morgan fingerprint density at radius 1 is 1.20 bits per heavy atom.